The fraction of sp³-hybridized carbons (Fsp3) is 0.800. The van der Waals surface area contributed by atoms with Crippen LogP contribution in [0.15, 0.2) is 0 Å². The topological polar surface area (TPSA) is 26.3 Å². The monoisotopic (exact) mass is 186 g/mol. The predicted molar refractivity (Wildman–Crippen MR) is 35.0 cm³/mol. The molecule has 0 aliphatic carbocycles. The van der Waals surface area contributed by atoms with Crippen molar-refractivity contribution in [3.8, 4) is 0 Å². The molecule has 0 N–H and O–H groups in total. The molecule has 0 spiro atoms. The minimum absolute atomic E-state index is 0.903. The average Bonchev–Trinajstić information content (AvgIpc) is 2.00. The van der Waals surface area contributed by atoms with Crippen molar-refractivity contribution in [2.24, 2.45) is 0 Å². The fourth-order valence-electron chi connectivity index (χ4n) is 0.126. The molecule has 0 amide bonds. The van der Waals surface area contributed by atoms with Crippen LogP contribution in [0, 0.1) is 0 Å². The van der Waals surface area contributed by atoms with Crippen LogP contribution in [0.4, 0.5) is 0 Å². The molecule has 0 heterocycles. The Balaban J connectivity index is 5.18. The van der Waals surface area contributed by atoms with Crippen molar-refractivity contribution < 1.29 is 17.8 Å². The Bertz CT molecular complexity index is 235. The first-order valence-electron chi connectivity index (χ1n) is 4.76. The van der Waals surface area contributed by atoms with E-state index in [-0.39, 0.29) is 0 Å². The van der Waals surface area contributed by atoms with E-state index in [1.165, 1.54) is 0 Å². The summed E-state index contributed by atoms with van der Waals surface area (Å²) in [5.74, 6) is -1.45. The van der Waals surface area contributed by atoms with E-state index in [4.69, 9.17) is 8.22 Å². The molecule has 3 heteroatoms. The van der Waals surface area contributed by atoms with Gasteiger partial charge < -0.3 is 4.74 Å². The summed E-state index contributed by atoms with van der Waals surface area (Å²) in [7, 11) is 0.903. The van der Waals surface area contributed by atoms with E-state index in [0.29, 0.717) is 0 Å². The zero-order valence-corrected chi connectivity index (χ0v) is 5.78. The van der Waals surface area contributed by atoms with Gasteiger partial charge in [-0.2, -0.15) is 0 Å². The van der Waals surface area contributed by atoms with Gasteiger partial charge in [-0.1, -0.05) is 15.9 Å². The second-order valence-corrected chi connectivity index (χ2v) is 1.23. The summed E-state index contributed by atoms with van der Waals surface area (Å²) >= 11 is 2.34. The Labute approximate surface area is 65.8 Å². The minimum atomic E-state index is -3.06. The molecule has 0 fully saturated rings. The molecule has 0 saturated carbocycles. The van der Waals surface area contributed by atoms with Crippen molar-refractivity contribution in [1.29, 1.82) is 0 Å². The minimum Gasteiger partial charge on any atom is -0.469 e. The lowest BCUT2D eigenvalue weighted by molar-refractivity contribution is -0.140. The summed E-state index contributed by atoms with van der Waals surface area (Å²) in [5, 5.41) is -2.67. The molecule has 0 aromatic rings. The van der Waals surface area contributed by atoms with E-state index in [1.807, 2.05) is 0 Å². The number of alkyl halides is 1. The number of rotatable bonds is 3. The van der Waals surface area contributed by atoms with Crippen LogP contribution >= 0.6 is 15.9 Å². The largest absolute Gasteiger partial charge is 0.469 e. The third-order valence-electron chi connectivity index (χ3n) is 0.397. The highest BCUT2D eigenvalue weighted by Gasteiger charge is 1.95. The first kappa shape index (κ1) is 2.29. The molecular weight excluding hydrogens is 172 g/mol. The molecular formula is C5H9BrO2. The molecule has 0 aliphatic rings. The standard InChI is InChI=1S/C5H9BrO2/c1-8-5(7)3-2-4-6/h2-4H2,1H3/i2D2,3D2,4D2. The molecule has 0 unspecified atom stereocenters. The number of halogens is 1. The van der Waals surface area contributed by atoms with Gasteiger partial charge >= 0.3 is 5.97 Å². The van der Waals surface area contributed by atoms with Crippen LogP contribution in [-0.2, 0) is 9.53 Å². The van der Waals surface area contributed by atoms with Gasteiger partial charge in [0.1, 0.15) is 0 Å². The summed E-state index contributed by atoms with van der Waals surface area (Å²) in [6, 6.07) is 0. The molecule has 48 valence electrons. The number of carbonyl (C=O) groups excluding carboxylic acids is 1. The first-order valence-corrected chi connectivity index (χ1v) is 2.55. The quantitative estimate of drug-likeness (QED) is 0.492. The maximum absolute atomic E-state index is 10.9. The Kier molecular flexibility index (Phi) is 1.46. The van der Waals surface area contributed by atoms with Gasteiger partial charge in [0.15, 0.2) is 0 Å². The first-order chi connectivity index (χ1) is 5.98. The maximum atomic E-state index is 10.9. The van der Waals surface area contributed by atoms with Gasteiger partial charge in [0.25, 0.3) is 0 Å². The van der Waals surface area contributed by atoms with E-state index in [1.54, 1.807) is 0 Å². The summed E-state index contributed by atoms with van der Waals surface area (Å²) in [6.07, 6.45) is -6.10. The van der Waals surface area contributed by atoms with E-state index >= 15 is 0 Å². The zero-order valence-electron chi connectivity index (χ0n) is 10.2. The Morgan fingerprint density at radius 3 is 3.00 bits per heavy atom. The van der Waals surface area contributed by atoms with Gasteiger partial charge in [-0.05, 0) is 6.37 Å². The van der Waals surface area contributed by atoms with Gasteiger partial charge in [-0.15, -0.1) is 0 Å². The molecule has 0 aromatic heterocycles. The third-order valence-corrected chi connectivity index (χ3v) is 0.595. The van der Waals surface area contributed by atoms with Gasteiger partial charge in [-0.3, -0.25) is 4.79 Å². The molecule has 0 radical (unpaired) electrons. The van der Waals surface area contributed by atoms with Crippen molar-refractivity contribution in [2.45, 2.75) is 12.7 Å². The van der Waals surface area contributed by atoms with Gasteiger partial charge in [0, 0.05) is 19.9 Å². The normalized spacial score (nSPS) is 25.2. The lowest BCUT2D eigenvalue weighted by Gasteiger charge is -1.93. The van der Waals surface area contributed by atoms with E-state index < -0.39 is 24.0 Å². The fourth-order valence-corrected chi connectivity index (χ4v) is 0.225. The van der Waals surface area contributed by atoms with Crippen molar-refractivity contribution in [1.82, 2.24) is 0 Å². The van der Waals surface area contributed by atoms with Gasteiger partial charge in [0.2, 0.25) is 0 Å². The number of methoxy groups -OCH3 is 1. The SMILES string of the molecule is [2H]C([2H])(Br)C([2H])([2H])C([2H])([2H])C(=O)OC. The lowest BCUT2D eigenvalue weighted by Crippen LogP contribution is -1.99. The summed E-state index contributed by atoms with van der Waals surface area (Å²) < 4.78 is 46.7. The summed E-state index contributed by atoms with van der Waals surface area (Å²) in [6.45, 7) is 0. The van der Waals surface area contributed by atoms with Gasteiger partial charge in [-0.25, -0.2) is 0 Å². The number of esters is 1. The number of carbonyl (C=O) groups is 1. The molecule has 0 atom stereocenters. The average molecular weight is 187 g/mol. The molecule has 0 saturated heterocycles. The Morgan fingerprint density at radius 2 is 2.62 bits per heavy atom. The molecule has 0 aromatic carbocycles. The highest BCUT2D eigenvalue weighted by atomic mass is 79.9. The molecule has 0 rings (SSSR count). The molecule has 0 bridgehead atoms. The van der Waals surface area contributed by atoms with Crippen molar-refractivity contribution in [2.75, 3.05) is 12.4 Å². The second kappa shape index (κ2) is 5.09. The van der Waals surface area contributed by atoms with Gasteiger partial charge in [0.05, 0.1) is 7.11 Å². The van der Waals surface area contributed by atoms with E-state index in [0.717, 1.165) is 7.11 Å². The van der Waals surface area contributed by atoms with E-state index in [9.17, 15) is 4.79 Å². The molecule has 8 heavy (non-hydrogen) atoms. The highest BCUT2D eigenvalue weighted by Crippen LogP contribution is 1.94. The van der Waals surface area contributed by atoms with Crippen molar-refractivity contribution in [3.05, 3.63) is 0 Å². The van der Waals surface area contributed by atoms with Crippen molar-refractivity contribution >= 4 is 21.9 Å². The summed E-state index contributed by atoms with van der Waals surface area (Å²) in [4.78, 5) is 10.9. The van der Waals surface area contributed by atoms with Crippen LogP contribution in [0.5, 0.6) is 0 Å². The van der Waals surface area contributed by atoms with Crippen molar-refractivity contribution in [3.63, 3.8) is 0 Å². The van der Waals surface area contributed by atoms with E-state index in [2.05, 4.69) is 20.7 Å². The van der Waals surface area contributed by atoms with Crippen LogP contribution < -0.4 is 0 Å². The van der Waals surface area contributed by atoms with Crippen LogP contribution in [0.2, 0.25) is 0 Å². The molecule has 0 aliphatic heterocycles. The predicted octanol–water partition coefficient (Wildman–Crippen LogP) is 1.33. The Hall–Kier alpha value is -0.0500. The van der Waals surface area contributed by atoms with Crippen LogP contribution in [0.3, 0.4) is 0 Å². The number of hydrogen-bond acceptors (Lipinski definition) is 2. The Morgan fingerprint density at radius 1 is 2.00 bits per heavy atom. The highest BCUT2D eigenvalue weighted by molar-refractivity contribution is 9.09. The van der Waals surface area contributed by atoms with Crippen LogP contribution in [0.25, 0.3) is 0 Å². The smallest absolute Gasteiger partial charge is 0.305 e. The molecule has 2 nitrogen and oxygen atoms in total. The third kappa shape index (κ3) is 4.12. The summed E-state index contributed by atoms with van der Waals surface area (Å²) in [5.41, 5.74) is 0. The number of hydrogen-bond donors (Lipinski definition) is 0. The van der Waals surface area contributed by atoms with Crippen LogP contribution in [-0.4, -0.2) is 18.4 Å². The van der Waals surface area contributed by atoms with Crippen LogP contribution in [0.1, 0.15) is 21.0 Å². The maximum Gasteiger partial charge on any atom is 0.305 e. The lowest BCUT2D eigenvalue weighted by atomic mass is 10.3. The zero-order chi connectivity index (χ0) is 11.8. The number of ether oxygens (including phenoxy) is 1. The second-order valence-electron chi connectivity index (χ2n) is 0.836.